The molecule has 29 heavy (non-hydrogen) atoms. The van der Waals surface area contributed by atoms with Crippen molar-refractivity contribution in [3.05, 3.63) is 66.4 Å². The van der Waals surface area contributed by atoms with Gasteiger partial charge >= 0.3 is 0 Å². The van der Waals surface area contributed by atoms with E-state index in [0.717, 1.165) is 24.1 Å². The van der Waals surface area contributed by atoms with Crippen LogP contribution in [0.4, 0.5) is 0 Å². The van der Waals surface area contributed by atoms with E-state index in [2.05, 4.69) is 5.32 Å². The molecule has 0 aliphatic carbocycles. The third kappa shape index (κ3) is 4.49. The maximum absolute atomic E-state index is 13.1. The van der Waals surface area contributed by atoms with Gasteiger partial charge in [-0.05, 0) is 37.1 Å². The number of nitrogens with two attached hydrogens (primary N) is 1. The summed E-state index contributed by atoms with van der Waals surface area (Å²) in [7, 11) is 1.61. The fourth-order valence-electron chi connectivity index (χ4n) is 3.14. The van der Waals surface area contributed by atoms with Crippen molar-refractivity contribution >= 4 is 5.91 Å². The summed E-state index contributed by atoms with van der Waals surface area (Å²) in [4.78, 5) is 13.1. The van der Waals surface area contributed by atoms with E-state index < -0.39 is 5.54 Å². The van der Waals surface area contributed by atoms with E-state index >= 15 is 0 Å². The molecule has 0 fully saturated rings. The maximum atomic E-state index is 13.1. The first kappa shape index (κ1) is 20.6. The number of ether oxygens (including phenoxy) is 1. The van der Waals surface area contributed by atoms with Gasteiger partial charge in [-0.3, -0.25) is 4.79 Å². The number of benzene rings is 2. The molecule has 3 rings (SSSR count). The molecule has 0 saturated heterocycles. The van der Waals surface area contributed by atoms with Crippen LogP contribution in [0.5, 0.6) is 5.75 Å². The van der Waals surface area contributed by atoms with Gasteiger partial charge in [-0.25, -0.2) is 4.68 Å². The molecule has 6 nitrogen and oxygen atoms in total. The quantitative estimate of drug-likeness (QED) is 0.611. The molecule has 0 aliphatic heterocycles. The van der Waals surface area contributed by atoms with Crippen LogP contribution in [0.2, 0.25) is 0 Å². The number of hydrogen-bond acceptors (Lipinski definition) is 4. The fraction of sp³-hybridized carbons (Fsp3) is 0.304. The van der Waals surface area contributed by atoms with Gasteiger partial charge in [-0.15, -0.1) is 0 Å². The predicted molar refractivity (Wildman–Crippen MR) is 115 cm³/mol. The lowest BCUT2D eigenvalue weighted by atomic mass is 9.94. The van der Waals surface area contributed by atoms with Crippen molar-refractivity contribution in [1.29, 1.82) is 0 Å². The summed E-state index contributed by atoms with van der Waals surface area (Å²) in [5.41, 5.74) is 8.62. The number of amides is 1. The van der Waals surface area contributed by atoms with E-state index in [1.54, 1.807) is 18.0 Å². The second kappa shape index (κ2) is 8.92. The lowest BCUT2D eigenvalue weighted by molar-refractivity contribution is 0.0943. The summed E-state index contributed by atoms with van der Waals surface area (Å²) in [6.45, 7) is 4.47. The highest BCUT2D eigenvalue weighted by Gasteiger charge is 2.25. The highest BCUT2D eigenvalue weighted by Crippen LogP contribution is 2.31. The first-order valence-electron chi connectivity index (χ1n) is 9.87. The van der Waals surface area contributed by atoms with E-state index in [4.69, 9.17) is 15.6 Å². The minimum Gasteiger partial charge on any atom is -0.496 e. The molecule has 1 aromatic heterocycles. The van der Waals surface area contributed by atoms with Crippen molar-refractivity contribution in [2.45, 2.75) is 32.2 Å². The second-order valence-electron chi connectivity index (χ2n) is 7.12. The zero-order valence-electron chi connectivity index (χ0n) is 17.2. The molecule has 152 valence electrons. The van der Waals surface area contributed by atoms with Gasteiger partial charge in [0.2, 0.25) is 0 Å². The van der Waals surface area contributed by atoms with Crippen molar-refractivity contribution < 1.29 is 9.53 Å². The molecule has 2 aromatic carbocycles. The number of para-hydroxylation sites is 2. The van der Waals surface area contributed by atoms with Crippen LogP contribution in [0.3, 0.4) is 0 Å². The number of carbonyl (C=O) groups is 1. The van der Waals surface area contributed by atoms with Crippen LogP contribution in [0, 0.1) is 0 Å². The molecule has 0 aliphatic rings. The fourth-order valence-corrected chi connectivity index (χ4v) is 3.14. The van der Waals surface area contributed by atoms with Crippen LogP contribution in [0.15, 0.2) is 60.8 Å². The third-order valence-corrected chi connectivity index (χ3v) is 5.35. The Morgan fingerprint density at radius 1 is 1.10 bits per heavy atom. The molecule has 0 radical (unpaired) electrons. The van der Waals surface area contributed by atoms with Crippen molar-refractivity contribution in [3.8, 4) is 22.7 Å². The molecule has 1 heterocycles. The van der Waals surface area contributed by atoms with Crippen LogP contribution < -0.4 is 15.8 Å². The monoisotopic (exact) mass is 392 g/mol. The summed E-state index contributed by atoms with van der Waals surface area (Å²) < 4.78 is 7.21. The van der Waals surface area contributed by atoms with Gasteiger partial charge in [-0.2, -0.15) is 5.10 Å². The average molecular weight is 393 g/mol. The minimum absolute atomic E-state index is 0.204. The number of hydrogen-bond donors (Lipinski definition) is 2. The van der Waals surface area contributed by atoms with Gasteiger partial charge in [0, 0.05) is 23.8 Å². The topological polar surface area (TPSA) is 82.2 Å². The zero-order valence-corrected chi connectivity index (χ0v) is 17.2. The molecule has 0 atom stereocenters. The van der Waals surface area contributed by atoms with Crippen molar-refractivity contribution in [2.75, 3.05) is 13.7 Å². The molecule has 0 spiro atoms. The lowest BCUT2D eigenvalue weighted by Gasteiger charge is -2.26. The molecular weight excluding hydrogens is 364 g/mol. The average Bonchev–Trinajstić information content (AvgIpc) is 3.23. The second-order valence-corrected chi connectivity index (χ2v) is 7.12. The Bertz CT molecular complexity index is 962. The first-order valence-corrected chi connectivity index (χ1v) is 9.87. The Hall–Kier alpha value is -3.12. The van der Waals surface area contributed by atoms with Crippen LogP contribution in [-0.2, 0) is 0 Å². The highest BCUT2D eigenvalue weighted by atomic mass is 16.5. The Morgan fingerprint density at radius 2 is 1.76 bits per heavy atom. The molecule has 0 bridgehead atoms. The number of nitrogens with zero attached hydrogens (tertiary/aromatic N) is 2. The van der Waals surface area contributed by atoms with E-state index in [9.17, 15) is 4.79 Å². The summed E-state index contributed by atoms with van der Waals surface area (Å²) in [5.74, 6) is 0.458. The van der Waals surface area contributed by atoms with E-state index in [-0.39, 0.29) is 5.91 Å². The Morgan fingerprint density at radius 3 is 2.41 bits per heavy atom. The number of carbonyl (C=O) groups excluding carboxylic acids is 1. The lowest BCUT2D eigenvalue weighted by Crippen LogP contribution is -2.49. The van der Waals surface area contributed by atoms with Crippen molar-refractivity contribution in [2.24, 2.45) is 5.73 Å². The third-order valence-electron chi connectivity index (χ3n) is 5.35. The van der Waals surface area contributed by atoms with Gasteiger partial charge in [0.05, 0.1) is 18.4 Å². The van der Waals surface area contributed by atoms with E-state index in [1.807, 2.05) is 68.4 Å². The van der Waals surface area contributed by atoms with E-state index in [0.29, 0.717) is 23.6 Å². The Kier molecular flexibility index (Phi) is 6.34. The van der Waals surface area contributed by atoms with Crippen LogP contribution >= 0.6 is 0 Å². The summed E-state index contributed by atoms with van der Waals surface area (Å²) in [5, 5.41) is 7.71. The highest BCUT2D eigenvalue weighted by molar-refractivity contribution is 6.00. The van der Waals surface area contributed by atoms with Crippen molar-refractivity contribution in [3.63, 3.8) is 0 Å². The Balaban J connectivity index is 2.02. The van der Waals surface area contributed by atoms with Crippen LogP contribution in [0.25, 0.3) is 16.9 Å². The SMILES string of the molecule is CCC(N)(CC)CNC(=O)c1cn(-c2ccccc2)nc1-c1ccccc1OC. The van der Waals surface area contributed by atoms with Gasteiger partial charge < -0.3 is 15.8 Å². The molecule has 3 aromatic rings. The Labute approximate surface area is 171 Å². The predicted octanol–water partition coefficient (Wildman–Crippen LogP) is 3.80. The normalized spacial score (nSPS) is 11.3. The summed E-state index contributed by atoms with van der Waals surface area (Å²) in [6.07, 6.45) is 3.32. The van der Waals surface area contributed by atoms with Gasteiger partial charge in [0.25, 0.3) is 5.91 Å². The molecule has 3 N–H and O–H groups in total. The van der Waals surface area contributed by atoms with Gasteiger partial charge in [0.1, 0.15) is 11.4 Å². The molecule has 0 unspecified atom stereocenters. The first-order chi connectivity index (χ1) is 14.0. The minimum atomic E-state index is -0.421. The number of methoxy groups -OCH3 is 1. The number of nitrogens with one attached hydrogen (secondary N) is 1. The summed E-state index contributed by atoms with van der Waals surface area (Å²) in [6, 6.07) is 17.3. The van der Waals surface area contributed by atoms with Gasteiger partial charge in [0.15, 0.2) is 0 Å². The maximum Gasteiger partial charge on any atom is 0.255 e. The van der Waals surface area contributed by atoms with E-state index in [1.165, 1.54) is 0 Å². The number of aromatic nitrogens is 2. The van der Waals surface area contributed by atoms with Crippen LogP contribution in [0.1, 0.15) is 37.0 Å². The molecule has 0 saturated carbocycles. The summed E-state index contributed by atoms with van der Waals surface area (Å²) >= 11 is 0. The molecule has 1 amide bonds. The van der Waals surface area contributed by atoms with Crippen molar-refractivity contribution in [1.82, 2.24) is 15.1 Å². The number of rotatable bonds is 8. The van der Waals surface area contributed by atoms with Crippen LogP contribution in [-0.4, -0.2) is 34.9 Å². The standard InChI is InChI=1S/C23H28N4O2/c1-4-23(24,5-2)16-25-22(28)19-15-27(17-11-7-6-8-12-17)26-21(19)18-13-9-10-14-20(18)29-3/h6-15H,4-5,16,24H2,1-3H3,(H,25,28). The van der Waals surface area contributed by atoms with Gasteiger partial charge in [-0.1, -0.05) is 44.2 Å². The zero-order chi connectivity index (χ0) is 20.9. The molecular formula is C23H28N4O2. The molecule has 6 heteroatoms. The smallest absolute Gasteiger partial charge is 0.255 e. The largest absolute Gasteiger partial charge is 0.496 e.